The van der Waals surface area contributed by atoms with Gasteiger partial charge in [-0.05, 0) is 71.2 Å². The standard InChI is InChI=1S/C48H42N6O3S2/c55-43(29-32-9-3-1-4-10-32)53-27-7-13-39(53)46-50-30-41(58-46)35-19-15-33(16-20-35)34-17-21-36(22-18-34)42-31-51-47(59-42)40-14-8-28-54(40)48(57)44(37-11-5-2-6-12-37)52-45(56)38-23-25-49-26-24-38/h1-6,9-12,15-26,30-31,39-40,44H,7-8,13-14,27-29H2,(H,52,56)/t39-,40-,44-/m0/s1. The van der Waals surface area contributed by atoms with Crippen molar-refractivity contribution in [3.05, 3.63) is 173 Å². The summed E-state index contributed by atoms with van der Waals surface area (Å²) in [5.41, 5.74) is 6.63. The van der Waals surface area contributed by atoms with Crippen LogP contribution in [0.4, 0.5) is 0 Å². The minimum absolute atomic E-state index is 0.0293. The fourth-order valence-electron chi connectivity index (χ4n) is 8.10. The number of carbonyl (C=O) groups is 3. The molecule has 2 aliphatic heterocycles. The van der Waals surface area contributed by atoms with Crippen LogP contribution in [0, 0.1) is 0 Å². The van der Waals surface area contributed by atoms with Crippen LogP contribution in [0.3, 0.4) is 0 Å². The van der Waals surface area contributed by atoms with Crippen molar-refractivity contribution in [2.75, 3.05) is 13.1 Å². The fraction of sp³-hybridized carbons (Fsp3) is 0.208. The Labute approximate surface area is 351 Å². The van der Waals surface area contributed by atoms with Crippen LogP contribution in [0.25, 0.3) is 32.0 Å². The molecule has 0 aliphatic carbocycles. The summed E-state index contributed by atoms with van der Waals surface area (Å²) in [6.45, 7) is 1.37. The number of hydrogen-bond acceptors (Lipinski definition) is 8. The van der Waals surface area contributed by atoms with Crippen LogP contribution in [0.15, 0.2) is 146 Å². The third-order valence-electron chi connectivity index (χ3n) is 11.2. The van der Waals surface area contributed by atoms with Gasteiger partial charge < -0.3 is 15.1 Å². The molecule has 3 atom stereocenters. The second-order valence-electron chi connectivity index (χ2n) is 14.9. The molecule has 7 aromatic rings. The minimum atomic E-state index is -0.830. The normalized spacial score (nSPS) is 16.9. The van der Waals surface area contributed by atoms with Crippen molar-refractivity contribution in [3.63, 3.8) is 0 Å². The number of thiazole rings is 2. The van der Waals surface area contributed by atoms with Crippen LogP contribution in [0.2, 0.25) is 0 Å². The highest BCUT2D eigenvalue weighted by Gasteiger charge is 2.37. The molecule has 11 heteroatoms. The molecule has 294 valence electrons. The van der Waals surface area contributed by atoms with Gasteiger partial charge in [0.1, 0.15) is 16.1 Å². The third-order valence-corrected chi connectivity index (χ3v) is 13.5. The second-order valence-corrected chi connectivity index (χ2v) is 17.1. The molecule has 9 rings (SSSR count). The zero-order valence-corrected chi connectivity index (χ0v) is 33.9. The van der Waals surface area contributed by atoms with Crippen molar-refractivity contribution >= 4 is 40.4 Å². The molecule has 0 unspecified atom stereocenters. The van der Waals surface area contributed by atoms with E-state index >= 15 is 0 Å². The molecular weight excluding hydrogens is 773 g/mol. The van der Waals surface area contributed by atoms with Crippen LogP contribution in [0.5, 0.6) is 0 Å². The number of nitrogens with one attached hydrogen (secondary N) is 1. The summed E-state index contributed by atoms with van der Waals surface area (Å²) in [6, 6.07) is 38.8. The summed E-state index contributed by atoms with van der Waals surface area (Å²) in [6.07, 6.45) is 11.0. The smallest absolute Gasteiger partial charge is 0.252 e. The summed E-state index contributed by atoms with van der Waals surface area (Å²) in [5, 5.41) is 4.88. The number of carbonyl (C=O) groups excluding carboxylic acids is 3. The maximum Gasteiger partial charge on any atom is 0.252 e. The number of nitrogens with zero attached hydrogens (tertiary/aromatic N) is 5. The maximum absolute atomic E-state index is 14.2. The first kappa shape index (κ1) is 38.2. The van der Waals surface area contributed by atoms with Gasteiger partial charge in [0.2, 0.25) is 11.8 Å². The second kappa shape index (κ2) is 17.3. The van der Waals surface area contributed by atoms with Gasteiger partial charge in [0.15, 0.2) is 0 Å². The SMILES string of the molecule is O=C(N[C@H](C(=O)N1CCC[C@H]1c1ncc(-c2ccc(-c3ccc(-c4cnc([C@@H]5CCCN5C(=O)Cc5ccccc5)s4)cc3)cc2)s1)c1ccccc1)c1ccncc1. The summed E-state index contributed by atoms with van der Waals surface area (Å²) in [7, 11) is 0. The lowest BCUT2D eigenvalue weighted by molar-refractivity contribution is -0.134. The van der Waals surface area contributed by atoms with Gasteiger partial charge in [-0.1, -0.05) is 109 Å². The highest BCUT2D eigenvalue weighted by Crippen LogP contribution is 2.40. The van der Waals surface area contributed by atoms with E-state index < -0.39 is 6.04 Å². The lowest BCUT2D eigenvalue weighted by Gasteiger charge is -2.28. The van der Waals surface area contributed by atoms with Gasteiger partial charge in [-0.25, -0.2) is 9.97 Å². The predicted molar refractivity (Wildman–Crippen MR) is 233 cm³/mol. The van der Waals surface area contributed by atoms with Crippen LogP contribution in [0.1, 0.15) is 75.3 Å². The molecule has 1 N–H and O–H groups in total. The molecule has 0 saturated carbocycles. The van der Waals surface area contributed by atoms with Gasteiger partial charge in [-0.15, -0.1) is 22.7 Å². The Morgan fingerprint density at radius 3 is 1.71 bits per heavy atom. The quantitative estimate of drug-likeness (QED) is 0.139. The lowest BCUT2D eigenvalue weighted by Crippen LogP contribution is -2.42. The van der Waals surface area contributed by atoms with E-state index in [1.165, 1.54) is 0 Å². The molecule has 59 heavy (non-hydrogen) atoms. The average Bonchev–Trinajstić information content (AvgIpc) is 4.14. The molecule has 4 aromatic carbocycles. The Bertz CT molecular complexity index is 2540. The lowest BCUT2D eigenvalue weighted by atomic mass is 10.0. The first-order valence-corrected chi connectivity index (χ1v) is 21.6. The zero-order chi connectivity index (χ0) is 40.1. The Morgan fingerprint density at radius 2 is 1.14 bits per heavy atom. The molecule has 3 aromatic heterocycles. The Hall–Kier alpha value is -6.30. The summed E-state index contributed by atoms with van der Waals surface area (Å²) in [4.78, 5) is 60.4. The zero-order valence-electron chi connectivity index (χ0n) is 32.3. The van der Waals surface area contributed by atoms with Crippen molar-refractivity contribution in [3.8, 4) is 32.0 Å². The van der Waals surface area contributed by atoms with Crippen molar-refractivity contribution in [1.29, 1.82) is 0 Å². The monoisotopic (exact) mass is 814 g/mol. The number of aromatic nitrogens is 3. The molecular formula is C48H42N6O3S2. The Morgan fingerprint density at radius 1 is 0.627 bits per heavy atom. The summed E-state index contributed by atoms with van der Waals surface area (Å²) in [5.74, 6) is -0.307. The van der Waals surface area contributed by atoms with Gasteiger partial charge in [0.05, 0.1) is 28.3 Å². The van der Waals surface area contributed by atoms with E-state index in [4.69, 9.17) is 9.97 Å². The highest BCUT2D eigenvalue weighted by molar-refractivity contribution is 7.15. The van der Waals surface area contributed by atoms with E-state index in [9.17, 15) is 14.4 Å². The number of benzene rings is 4. The van der Waals surface area contributed by atoms with Gasteiger partial charge in [0, 0.05) is 43.4 Å². The number of pyridine rings is 1. The number of hydrogen-bond donors (Lipinski definition) is 1. The molecule has 3 amide bonds. The summed E-state index contributed by atoms with van der Waals surface area (Å²) >= 11 is 3.29. The van der Waals surface area contributed by atoms with Gasteiger partial charge >= 0.3 is 0 Å². The van der Waals surface area contributed by atoms with E-state index in [0.29, 0.717) is 18.5 Å². The van der Waals surface area contributed by atoms with Crippen molar-refractivity contribution in [2.45, 2.75) is 50.2 Å². The molecule has 9 nitrogen and oxygen atoms in total. The Balaban J connectivity index is 0.856. The molecule has 5 heterocycles. The first-order valence-electron chi connectivity index (χ1n) is 20.0. The number of likely N-dealkylation sites (tertiary alicyclic amines) is 2. The Kier molecular flexibility index (Phi) is 11.2. The van der Waals surface area contributed by atoms with Gasteiger partial charge in [0.25, 0.3) is 5.91 Å². The van der Waals surface area contributed by atoms with E-state index in [1.54, 1.807) is 47.2 Å². The largest absolute Gasteiger partial charge is 0.336 e. The van der Waals surface area contributed by atoms with Gasteiger partial charge in [-0.2, -0.15) is 0 Å². The molecule has 0 bridgehead atoms. The third kappa shape index (κ3) is 8.35. The van der Waals surface area contributed by atoms with Crippen molar-refractivity contribution < 1.29 is 14.4 Å². The van der Waals surface area contributed by atoms with Crippen LogP contribution in [-0.4, -0.2) is 55.6 Å². The van der Waals surface area contributed by atoms with Crippen LogP contribution in [-0.2, 0) is 16.0 Å². The fourth-order valence-corrected chi connectivity index (χ4v) is 10.2. The van der Waals surface area contributed by atoms with E-state index in [2.05, 4.69) is 58.8 Å². The van der Waals surface area contributed by atoms with E-state index in [-0.39, 0.29) is 29.8 Å². The van der Waals surface area contributed by atoms with Gasteiger partial charge in [-0.3, -0.25) is 19.4 Å². The number of rotatable bonds is 11. The van der Waals surface area contributed by atoms with E-state index in [0.717, 1.165) is 85.4 Å². The predicted octanol–water partition coefficient (Wildman–Crippen LogP) is 9.74. The van der Waals surface area contributed by atoms with Crippen LogP contribution < -0.4 is 5.32 Å². The minimum Gasteiger partial charge on any atom is -0.336 e. The molecule has 2 fully saturated rings. The molecule has 0 spiro atoms. The van der Waals surface area contributed by atoms with Crippen molar-refractivity contribution in [1.82, 2.24) is 30.1 Å². The number of amides is 3. The first-order chi connectivity index (χ1) is 29.0. The molecule has 2 aliphatic rings. The topological polar surface area (TPSA) is 108 Å². The summed E-state index contributed by atoms with van der Waals surface area (Å²) < 4.78 is 0. The maximum atomic E-state index is 14.2. The molecule has 0 radical (unpaired) electrons. The van der Waals surface area contributed by atoms with Crippen molar-refractivity contribution in [2.24, 2.45) is 0 Å². The average molecular weight is 815 g/mol. The van der Waals surface area contributed by atoms with E-state index in [1.807, 2.05) is 82.9 Å². The van der Waals surface area contributed by atoms with Crippen LogP contribution >= 0.6 is 22.7 Å². The molecule has 2 saturated heterocycles. The highest BCUT2D eigenvalue weighted by atomic mass is 32.1.